The summed E-state index contributed by atoms with van der Waals surface area (Å²) in [5.74, 6) is -0.261. The van der Waals surface area contributed by atoms with Gasteiger partial charge in [-0.2, -0.15) is 0 Å². The molecule has 156 valence electrons. The van der Waals surface area contributed by atoms with Gasteiger partial charge >= 0.3 is 6.03 Å². The van der Waals surface area contributed by atoms with Crippen LogP contribution in [0.15, 0.2) is 48.5 Å². The van der Waals surface area contributed by atoms with E-state index >= 15 is 0 Å². The molecule has 2 amide bonds. The Morgan fingerprint density at radius 2 is 1.90 bits per heavy atom. The average molecular weight is 398 g/mol. The Hall–Kier alpha value is -2.40. The highest BCUT2D eigenvalue weighted by Gasteiger charge is 2.28. The molecule has 5 heteroatoms. The summed E-state index contributed by atoms with van der Waals surface area (Å²) < 4.78 is 13.6. The summed E-state index contributed by atoms with van der Waals surface area (Å²) in [5, 5.41) is 2.98. The molecule has 4 nitrogen and oxygen atoms in total. The topological polar surface area (TPSA) is 35.6 Å². The summed E-state index contributed by atoms with van der Waals surface area (Å²) in [7, 11) is 0. The van der Waals surface area contributed by atoms with Gasteiger partial charge in [-0.05, 0) is 62.1 Å². The number of amides is 2. The van der Waals surface area contributed by atoms with Crippen molar-refractivity contribution in [3.05, 3.63) is 65.5 Å². The lowest BCUT2D eigenvalue weighted by molar-refractivity contribution is 0.122. The second-order valence-electron chi connectivity index (χ2n) is 7.93. The van der Waals surface area contributed by atoms with Gasteiger partial charge in [0.2, 0.25) is 0 Å². The van der Waals surface area contributed by atoms with E-state index in [4.69, 9.17) is 0 Å². The van der Waals surface area contributed by atoms with Crippen LogP contribution < -0.4 is 5.32 Å². The van der Waals surface area contributed by atoms with Gasteiger partial charge in [0.05, 0.1) is 0 Å². The van der Waals surface area contributed by atoms with Crippen molar-refractivity contribution >= 4 is 11.7 Å². The fourth-order valence-corrected chi connectivity index (χ4v) is 3.90. The molecule has 0 aliphatic carbocycles. The number of halogens is 1. The van der Waals surface area contributed by atoms with Crippen LogP contribution in [0.4, 0.5) is 14.9 Å². The first-order chi connectivity index (χ1) is 14.1. The first-order valence-corrected chi connectivity index (χ1v) is 10.7. The summed E-state index contributed by atoms with van der Waals surface area (Å²) in [5.41, 5.74) is 2.28. The van der Waals surface area contributed by atoms with Crippen molar-refractivity contribution in [1.29, 1.82) is 0 Å². The minimum absolute atomic E-state index is 0.119. The van der Waals surface area contributed by atoms with E-state index in [9.17, 15) is 9.18 Å². The quantitative estimate of drug-likeness (QED) is 0.676. The molecule has 29 heavy (non-hydrogen) atoms. The van der Waals surface area contributed by atoms with Gasteiger partial charge in [0.25, 0.3) is 0 Å². The van der Waals surface area contributed by atoms with Crippen LogP contribution in [0.5, 0.6) is 0 Å². The van der Waals surface area contributed by atoms with E-state index in [1.165, 1.54) is 18.9 Å². The Balaban J connectivity index is 1.70. The van der Waals surface area contributed by atoms with E-state index < -0.39 is 0 Å². The molecule has 2 aromatic carbocycles. The van der Waals surface area contributed by atoms with Crippen molar-refractivity contribution in [3.8, 4) is 0 Å². The first-order valence-electron chi connectivity index (χ1n) is 10.7. The van der Waals surface area contributed by atoms with E-state index in [1.54, 1.807) is 19.1 Å². The number of hydrogen-bond acceptors (Lipinski definition) is 2. The summed E-state index contributed by atoms with van der Waals surface area (Å²) in [6.45, 7) is 7.70. The van der Waals surface area contributed by atoms with Crippen LogP contribution in [0.25, 0.3) is 0 Å². The monoisotopic (exact) mass is 397 g/mol. The van der Waals surface area contributed by atoms with Crippen LogP contribution >= 0.6 is 0 Å². The van der Waals surface area contributed by atoms with Crippen molar-refractivity contribution in [2.24, 2.45) is 0 Å². The van der Waals surface area contributed by atoms with Gasteiger partial charge in [0, 0.05) is 31.4 Å². The second-order valence-corrected chi connectivity index (χ2v) is 7.93. The third-order valence-corrected chi connectivity index (χ3v) is 5.69. The lowest BCUT2D eigenvalue weighted by atomic mass is 10.0. The van der Waals surface area contributed by atoms with Crippen molar-refractivity contribution in [1.82, 2.24) is 9.80 Å². The van der Waals surface area contributed by atoms with E-state index in [1.807, 2.05) is 23.1 Å². The number of nitrogens with one attached hydrogen (secondary N) is 1. The standard InChI is InChI=1S/C24H32FN3O/c1-3-4-14-27-15-12-22(13-16-27)28(18-20-8-6-5-7-9-20)24(29)26-21-10-11-23(25)19(2)17-21/h5-11,17,22H,3-4,12-16,18H2,1-2H3,(H,26,29). The summed E-state index contributed by atoms with van der Waals surface area (Å²) in [4.78, 5) is 17.6. The fraction of sp³-hybridized carbons (Fsp3) is 0.458. The molecule has 0 spiro atoms. The maximum atomic E-state index is 13.6. The Kier molecular flexibility index (Phi) is 7.64. The highest BCUT2D eigenvalue weighted by Crippen LogP contribution is 2.22. The zero-order valence-corrected chi connectivity index (χ0v) is 17.5. The number of carbonyl (C=O) groups excluding carboxylic acids is 1. The molecule has 0 saturated carbocycles. The summed E-state index contributed by atoms with van der Waals surface area (Å²) in [6.07, 6.45) is 4.39. The normalized spacial score (nSPS) is 15.3. The second kappa shape index (κ2) is 10.4. The van der Waals surface area contributed by atoms with E-state index in [0.29, 0.717) is 17.8 Å². The predicted octanol–water partition coefficient (Wildman–Crippen LogP) is 5.43. The zero-order chi connectivity index (χ0) is 20.6. The average Bonchev–Trinajstić information content (AvgIpc) is 2.74. The van der Waals surface area contributed by atoms with Gasteiger partial charge < -0.3 is 15.1 Å². The minimum Gasteiger partial charge on any atom is -0.317 e. The molecular formula is C24H32FN3O. The molecule has 1 heterocycles. The highest BCUT2D eigenvalue weighted by molar-refractivity contribution is 5.89. The van der Waals surface area contributed by atoms with Crippen LogP contribution in [0.2, 0.25) is 0 Å². The fourth-order valence-electron chi connectivity index (χ4n) is 3.90. The molecule has 1 N–H and O–H groups in total. The predicted molar refractivity (Wildman–Crippen MR) is 117 cm³/mol. The highest BCUT2D eigenvalue weighted by atomic mass is 19.1. The van der Waals surface area contributed by atoms with E-state index in [2.05, 4.69) is 29.3 Å². The third kappa shape index (κ3) is 6.04. The molecule has 2 aromatic rings. The summed E-state index contributed by atoms with van der Waals surface area (Å²) >= 11 is 0. The number of nitrogens with zero attached hydrogens (tertiary/aromatic N) is 2. The van der Waals surface area contributed by atoms with Crippen LogP contribution in [0, 0.1) is 12.7 Å². The molecule has 0 bridgehead atoms. The first kappa shape index (κ1) is 21.3. The number of unbranched alkanes of at least 4 members (excludes halogenated alkanes) is 1. The van der Waals surface area contributed by atoms with Crippen molar-refractivity contribution in [2.75, 3.05) is 25.0 Å². The molecule has 0 aromatic heterocycles. The minimum atomic E-state index is -0.261. The number of carbonyl (C=O) groups is 1. The lowest BCUT2D eigenvalue weighted by Gasteiger charge is -2.38. The van der Waals surface area contributed by atoms with Gasteiger partial charge in [-0.25, -0.2) is 9.18 Å². The number of anilines is 1. The number of aryl methyl sites for hydroxylation is 1. The summed E-state index contributed by atoms with van der Waals surface area (Å²) in [6, 6.07) is 14.9. The molecule has 1 aliphatic heterocycles. The van der Waals surface area contributed by atoms with E-state index in [-0.39, 0.29) is 17.9 Å². The number of piperidine rings is 1. The molecule has 0 unspecified atom stereocenters. The zero-order valence-electron chi connectivity index (χ0n) is 17.5. The number of rotatable bonds is 7. The number of hydrogen-bond donors (Lipinski definition) is 1. The SMILES string of the molecule is CCCCN1CCC(N(Cc2ccccc2)C(=O)Nc2ccc(F)c(C)c2)CC1. The van der Waals surface area contributed by atoms with Crippen LogP contribution in [-0.4, -0.2) is 41.5 Å². The van der Waals surface area contributed by atoms with Gasteiger partial charge in [-0.15, -0.1) is 0 Å². The Morgan fingerprint density at radius 1 is 1.17 bits per heavy atom. The number of likely N-dealkylation sites (tertiary alicyclic amines) is 1. The van der Waals surface area contributed by atoms with Crippen LogP contribution in [0.3, 0.4) is 0 Å². The van der Waals surface area contributed by atoms with Crippen molar-refractivity contribution < 1.29 is 9.18 Å². The molecule has 1 fully saturated rings. The van der Waals surface area contributed by atoms with E-state index in [0.717, 1.165) is 38.0 Å². The van der Waals surface area contributed by atoms with Gasteiger partial charge in [0.15, 0.2) is 0 Å². The van der Waals surface area contributed by atoms with Gasteiger partial charge in [-0.1, -0.05) is 43.7 Å². The largest absolute Gasteiger partial charge is 0.322 e. The smallest absolute Gasteiger partial charge is 0.317 e. The van der Waals surface area contributed by atoms with Gasteiger partial charge in [-0.3, -0.25) is 0 Å². The van der Waals surface area contributed by atoms with Crippen LogP contribution in [-0.2, 0) is 6.54 Å². The molecule has 0 atom stereocenters. The number of benzene rings is 2. The molecule has 1 aliphatic rings. The maximum absolute atomic E-state index is 13.6. The molecule has 3 rings (SSSR count). The maximum Gasteiger partial charge on any atom is 0.322 e. The molecule has 1 saturated heterocycles. The molecule has 0 radical (unpaired) electrons. The van der Waals surface area contributed by atoms with Gasteiger partial charge in [0.1, 0.15) is 5.82 Å². The Morgan fingerprint density at radius 3 is 2.55 bits per heavy atom. The Bertz CT molecular complexity index is 788. The molecular weight excluding hydrogens is 365 g/mol. The lowest BCUT2D eigenvalue weighted by Crippen LogP contribution is -2.48. The Labute approximate surface area is 173 Å². The van der Waals surface area contributed by atoms with Crippen molar-refractivity contribution in [2.45, 2.75) is 52.1 Å². The third-order valence-electron chi connectivity index (χ3n) is 5.69. The van der Waals surface area contributed by atoms with Crippen LogP contribution in [0.1, 0.15) is 43.7 Å². The van der Waals surface area contributed by atoms with Crippen molar-refractivity contribution in [3.63, 3.8) is 0 Å². The number of urea groups is 1.